The number of carbonyl (C=O) groups excluding carboxylic acids is 2. The van der Waals surface area contributed by atoms with Gasteiger partial charge in [0.25, 0.3) is 15.9 Å². The van der Waals surface area contributed by atoms with Crippen LogP contribution in [0.2, 0.25) is 0 Å². The topological polar surface area (TPSA) is 162 Å². The second-order valence-corrected chi connectivity index (χ2v) is 11.6. The minimum Gasteiger partial charge on any atom is -0.495 e. The van der Waals surface area contributed by atoms with Gasteiger partial charge in [0.1, 0.15) is 5.75 Å². The lowest BCUT2D eigenvalue weighted by Crippen LogP contribution is -2.32. The van der Waals surface area contributed by atoms with Gasteiger partial charge in [-0.2, -0.15) is 0 Å². The molecule has 0 spiro atoms. The van der Waals surface area contributed by atoms with Crippen molar-refractivity contribution in [3.05, 3.63) is 91.0 Å². The van der Waals surface area contributed by atoms with Crippen LogP contribution < -0.4 is 19.5 Å². The van der Waals surface area contributed by atoms with E-state index in [4.69, 9.17) is 14.6 Å². The van der Waals surface area contributed by atoms with E-state index >= 15 is 0 Å². The molecule has 0 saturated heterocycles. The van der Waals surface area contributed by atoms with Gasteiger partial charge in [-0.1, -0.05) is 24.3 Å². The molecular formula is C26H27N3O8S2. The predicted octanol–water partition coefficient (Wildman–Crippen LogP) is 2.91. The lowest BCUT2D eigenvalue weighted by molar-refractivity contribution is -0.123. The van der Waals surface area contributed by atoms with Crippen LogP contribution in [0.1, 0.15) is 17.3 Å². The van der Waals surface area contributed by atoms with Gasteiger partial charge < -0.3 is 14.8 Å². The molecule has 0 fully saturated rings. The largest absolute Gasteiger partial charge is 0.495 e. The van der Waals surface area contributed by atoms with Crippen molar-refractivity contribution in [3.63, 3.8) is 0 Å². The highest BCUT2D eigenvalue weighted by molar-refractivity contribution is 7.92. The Balaban J connectivity index is 1.78. The summed E-state index contributed by atoms with van der Waals surface area (Å²) < 4.78 is 61.5. The van der Waals surface area contributed by atoms with Gasteiger partial charge in [0.05, 0.1) is 34.7 Å². The summed E-state index contributed by atoms with van der Waals surface area (Å²) in [6.07, 6.45) is 0.159. The van der Waals surface area contributed by atoms with Gasteiger partial charge in [0.2, 0.25) is 10.0 Å². The first-order chi connectivity index (χ1) is 18.4. The maximum absolute atomic E-state index is 13.5. The van der Waals surface area contributed by atoms with Crippen molar-refractivity contribution >= 4 is 43.3 Å². The number of esters is 1. The minimum absolute atomic E-state index is 0.0627. The van der Waals surface area contributed by atoms with E-state index < -0.39 is 38.0 Å². The number of nitrogens with one attached hydrogen (secondary N) is 1. The zero-order valence-corrected chi connectivity index (χ0v) is 22.7. The van der Waals surface area contributed by atoms with Crippen LogP contribution in [0.3, 0.4) is 0 Å². The van der Waals surface area contributed by atoms with Gasteiger partial charge in [-0.25, -0.2) is 26.8 Å². The molecule has 3 aromatic carbocycles. The molecular weight excluding hydrogens is 546 g/mol. The van der Waals surface area contributed by atoms with Gasteiger partial charge in [-0.3, -0.25) is 9.10 Å². The standard InChI is InChI=1S/C26H27N3O8S2/c1-4-16-29(23-10-5-6-11-24(23)36-3)39(34,35)22-9-7-8-19(17-22)26(31)37-18(2)25(30)28-20-12-14-21(15-13-20)38(27,32)33/h4-15,17-18H,1,16H2,2-3H3,(H,28,30)(H2,27,32,33)/t18-/m1/s1. The van der Waals surface area contributed by atoms with Crippen molar-refractivity contribution in [1.82, 2.24) is 0 Å². The molecule has 0 unspecified atom stereocenters. The van der Waals surface area contributed by atoms with Crippen LogP contribution in [0.5, 0.6) is 5.75 Å². The molecule has 39 heavy (non-hydrogen) atoms. The lowest BCUT2D eigenvalue weighted by atomic mass is 10.2. The van der Waals surface area contributed by atoms with Gasteiger partial charge in [0, 0.05) is 5.69 Å². The number of nitrogens with zero attached hydrogens (tertiary/aromatic N) is 1. The first-order valence-electron chi connectivity index (χ1n) is 11.4. The summed E-state index contributed by atoms with van der Waals surface area (Å²) in [4.78, 5) is 25.0. The highest BCUT2D eigenvalue weighted by Crippen LogP contribution is 2.32. The number of sulfonamides is 2. The molecule has 0 saturated carbocycles. The number of nitrogens with two attached hydrogens (primary N) is 1. The summed E-state index contributed by atoms with van der Waals surface area (Å²) in [6, 6.07) is 16.9. The van der Waals surface area contributed by atoms with Crippen molar-refractivity contribution in [2.75, 3.05) is 23.3 Å². The fourth-order valence-corrected chi connectivity index (χ4v) is 5.45. The number of benzene rings is 3. The zero-order chi connectivity index (χ0) is 28.8. The number of hydrogen-bond acceptors (Lipinski definition) is 8. The molecule has 1 amide bonds. The fraction of sp³-hybridized carbons (Fsp3) is 0.154. The predicted molar refractivity (Wildman–Crippen MR) is 145 cm³/mol. The summed E-state index contributed by atoms with van der Waals surface area (Å²) >= 11 is 0. The lowest BCUT2D eigenvalue weighted by Gasteiger charge is -2.25. The SMILES string of the molecule is C=CCN(c1ccccc1OC)S(=O)(=O)c1cccc(C(=O)O[C@H](C)C(=O)Nc2ccc(S(N)(=O)=O)cc2)c1. The molecule has 0 aliphatic heterocycles. The minimum atomic E-state index is -4.16. The second kappa shape index (κ2) is 12.1. The van der Waals surface area contributed by atoms with E-state index in [1.54, 1.807) is 24.3 Å². The number of methoxy groups -OCH3 is 1. The molecule has 13 heteroatoms. The molecule has 0 aromatic heterocycles. The number of para-hydroxylation sites is 2. The van der Waals surface area contributed by atoms with E-state index in [-0.39, 0.29) is 33.3 Å². The van der Waals surface area contributed by atoms with Crippen LogP contribution in [-0.2, 0) is 29.6 Å². The summed E-state index contributed by atoms with van der Waals surface area (Å²) in [5.74, 6) is -1.28. The van der Waals surface area contributed by atoms with Gasteiger partial charge in [-0.15, -0.1) is 6.58 Å². The van der Waals surface area contributed by atoms with E-state index in [9.17, 15) is 26.4 Å². The first-order valence-corrected chi connectivity index (χ1v) is 14.4. The Hall–Kier alpha value is -4.20. The average Bonchev–Trinajstić information content (AvgIpc) is 2.91. The van der Waals surface area contributed by atoms with Crippen molar-refractivity contribution in [2.45, 2.75) is 22.8 Å². The molecule has 0 bridgehead atoms. The zero-order valence-electron chi connectivity index (χ0n) is 21.1. The molecule has 206 valence electrons. The molecule has 11 nitrogen and oxygen atoms in total. The van der Waals surface area contributed by atoms with Crippen LogP contribution in [-0.4, -0.2) is 48.5 Å². The molecule has 0 heterocycles. The Kier molecular flexibility index (Phi) is 9.11. The van der Waals surface area contributed by atoms with E-state index in [0.717, 1.165) is 10.4 Å². The average molecular weight is 574 g/mol. The first kappa shape index (κ1) is 29.4. The van der Waals surface area contributed by atoms with E-state index in [0.29, 0.717) is 5.75 Å². The molecule has 3 N–H and O–H groups in total. The third-order valence-electron chi connectivity index (χ3n) is 5.41. The Bertz CT molecular complexity index is 1590. The maximum Gasteiger partial charge on any atom is 0.338 e. The van der Waals surface area contributed by atoms with Crippen LogP contribution in [0.15, 0.2) is 95.2 Å². The van der Waals surface area contributed by atoms with E-state index in [1.807, 2.05) is 0 Å². The van der Waals surface area contributed by atoms with Crippen molar-refractivity contribution in [2.24, 2.45) is 5.14 Å². The summed E-state index contributed by atoms with van der Waals surface area (Å²) in [5, 5.41) is 7.55. The van der Waals surface area contributed by atoms with Crippen LogP contribution in [0, 0.1) is 0 Å². The van der Waals surface area contributed by atoms with Crippen molar-refractivity contribution in [3.8, 4) is 5.75 Å². The summed E-state index contributed by atoms with van der Waals surface area (Å²) in [5.41, 5.74) is 0.448. The van der Waals surface area contributed by atoms with Gasteiger partial charge in [0.15, 0.2) is 6.10 Å². The Labute approximate surface area is 226 Å². The van der Waals surface area contributed by atoms with E-state index in [1.165, 1.54) is 62.6 Å². The Morgan fingerprint density at radius 2 is 1.67 bits per heavy atom. The second-order valence-electron chi connectivity index (χ2n) is 8.13. The summed E-state index contributed by atoms with van der Waals surface area (Å²) in [7, 11) is -6.63. The van der Waals surface area contributed by atoms with E-state index in [2.05, 4.69) is 11.9 Å². The molecule has 1 atom stereocenters. The molecule has 0 aliphatic rings. The van der Waals surface area contributed by atoms with Crippen LogP contribution in [0.4, 0.5) is 11.4 Å². The highest BCUT2D eigenvalue weighted by atomic mass is 32.2. The van der Waals surface area contributed by atoms with Gasteiger partial charge >= 0.3 is 5.97 Å². The number of ether oxygens (including phenoxy) is 2. The summed E-state index contributed by atoms with van der Waals surface area (Å²) in [6.45, 7) is 4.91. The Morgan fingerprint density at radius 1 is 1.00 bits per heavy atom. The third-order valence-corrected chi connectivity index (χ3v) is 8.11. The maximum atomic E-state index is 13.5. The fourth-order valence-electron chi connectivity index (χ4n) is 3.44. The number of primary sulfonamides is 1. The molecule has 3 rings (SSSR count). The quantitative estimate of drug-likeness (QED) is 0.261. The van der Waals surface area contributed by atoms with Gasteiger partial charge in [-0.05, 0) is 61.5 Å². The molecule has 0 aliphatic carbocycles. The van der Waals surface area contributed by atoms with Crippen molar-refractivity contribution in [1.29, 1.82) is 0 Å². The normalized spacial score (nSPS) is 12.2. The molecule has 3 aromatic rings. The smallest absolute Gasteiger partial charge is 0.338 e. The number of rotatable bonds is 11. The monoisotopic (exact) mass is 573 g/mol. The highest BCUT2D eigenvalue weighted by Gasteiger charge is 2.28. The Morgan fingerprint density at radius 3 is 2.28 bits per heavy atom. The number of hydrogen-bond donors (Lipinski definition) is 2. The number of amides is 1. The van der Waals surface area contributed by atoms with Crippen molar-refractivity contribution < 1.29 is 35.9 Å². The number of anilines is 2. The number of carbonyl (C=O) groups is 2. The molecule has 0 radical (unpaired) electrons. The third kappa shape index (κ3) is 7.02. The van der Waals surface area contributed by atoms with Crippen LogP contribution in [0.25, 0.3) is 0 Å². The van der Waals surface area contributed by atoms with Crippen LogP contribution >= 0.6 is 0 Å².